The number of benzene rings is 1. The summed E-state index contributed by atoms with van der Waals surface area (Å²) < 4.78 is 10.7. The molecule has 0 radical (unpaired) electrons. The highest BCUT2D eigenvalue weighted by atomic mass is 32.1. The van der Waals surface area contributed by atoms with Crippen molar-refractivity contribution < 1.29 is 19.4 Å². The number of carboxylic acid groups (broad SMARTS) is 1. The van der Waals surface area contributed by atoms with Crippen LogP contribution in [-0.2, 0) is 11.3 Å². The molecule has 2 aliphatic rings. The highest BCUT2D eigenvalue weighted by molar-refractivity contribution is 7.13. The van der Waals surface area contributed by atoms with Crippen LogP contribution in [0.5, 0.6) is 11.5 Å². The molecule has 6 nitrogen and oxygen atoms in total. The van der Waals surface area contributed by atoms with E-state index in [1.165, 1.54) is 0 Å². The summed E-state index contributed by atoms with van der Waals surface area (Å²) in [6.07, 6.45) is 1.64. The zero-order chi connectivity index (χ0) is 15.8. The van der Waals surface area contributed by atoms with Gasteiger partial charge < -0.3 is 14.6 Å². The SMILES string of the molecule is O=C(O)[C@H]1CCCN1Cc1csc(-c2ccc3c(c2)OCO3)n1. The van der Waals surface area contributed by atoms with Gasteiger partial charge in [-0.2, -0.15) is 0 Å². The fraction of sp³-hybridized carbons (Fsp3) is 0.375. The van der Waals surface area contributed by atoms with Crippen LogP contribution in [0.15, 0.2) is 23.6 Å². The Labute approximate surface area is 137 Å². The molecule has 1 fully saturated rings. The van der Waals surface area contributed by atoms with Gasteiger partial charge in [0.2, 0.25) is 6.79 Å². The molecule has 0 aliphatic carbocycles. The average Bonchev–Trinajstić information content (AvgIpc) is 3.26. The second-order valence-corrected chi connectivity index (χ2v) is 6.54. The van der Waals surface area contributed by atoms with E-state index in [1.54, 1.807) is 11.3 Å². The van der Waals surface area contributed by atoms with Crippen LogP contribution in [0.4, 0.5) is 0 Å². The summed E-state index contributed by atoms with van der Waals surface area (Å²) in [7, 11) is 0. The zero-order valence-electron chi connectivity index (χ0n) is 12.4. The molecule has 0 bridgehead atoms. The number of nitrogens with zero attached hydrogens (tertiary/aromatic N) is 2. The normalized spacial score (nSPS) is 20.1. The molecular formula is C16H16N2O4S. The molecule has 3 heterocycles. The molecule has 1 aromatic carbocycles. The molecule has 0 saturated carbocycles. The molecule has 4 rings (SSSR count). The quantitative estimate of drug-likeness (QED) is 0.928. The van der Waals surface area contributed by atoms with Gasteiger partial charge in [0.1, 0.15) is 11.0 Å². The maximum absolute atomic E-state index is 11.3. The number of thiazole rings is 1. The van der Waals surface area contributed by atoms with Crippen molar-refractivity contribution in [3.63, 3.8) is 0 Å². The van der Waals surface area contributed by atoms with Crippen molar-refractivity contribution in [3.8, 4) is 22.1 Å². The summed E-state index contributed by atoms with van der Waals surface area (Å²) in [5.41, 5.74) is 1.90. The van der Waals surface area contributed by atoms with Gasteiger partial charge in [0.25, 0.3) is 0 Å². The number of likely N-dealkylation sites (tertiary alicyclic amines) is 1. The Bertz CT molecular complexity index is 745. The first-order chi connectivity index (χ1) is 11.2. The topological polar surface area (TPSA) is 71.9 Å². The number of hydrogen-bond donors (Lipinski definition) is 1. The monoisotopic (exact) mass is 332 g/mol. The van der Waals surface area contributed by atoms with Crippen molar-refractivity contribution in [2.75, 3.05) is 13.3 Å². The van der Waals surface area contributed by atoms with Gasteiger partial charge in [-0.05, 0) is 37.6 Å². The Morgan fingerprint density at radius 2 is 2.26 bits per heavy atom. The molecule has 0 amide bonds. The van der Waals surface area contributed by atoms with Crippen molar-refractivity contribution in [1.82, 2.24) is 9.88 Å². The Morgan fingerprint density at radius 1 is 1.39 bits per heavy atom. The average molecular weight is 332 g/mol. The van der Waals surface area contributed by atoms with Gasteiger partial charge in [-0.15, -0.1) is 11.3 Å². The van der Waals surface area contributed by atoms with Gasteiger partial charge in [0.05, 0.1) is 5.69 Å². The second-order valence-electron chi connectivity index (χ2n) is 5.68. The maximum atomic E-state index is 11.3. The van der Waals surface area contributed by atoms with Crippen molar-refractivity contribution in [3.05, 3.63) is 29.3 Å². The number of aromatic nitrogens is 1. The number of aliphatic carboxylic acids is 1. The minimum atomic E-state index is -0.742. The summed E-state index contributed by atoms with van der Waals surface area (Å²) in [4.78, 5) is 17.9. The first-order valence-electron chi connectivity index (χ1n) is 7.52. The third kappa shape index (κ3) is 2.77. The number of rotatable bonds is 4. The molecule has 1 aromatic heterocycles. The summed E-state index contributed by atoms with van der Waals surface area (Å²) in [6.45, 7) is 1.65. The number of hydrogen-bond acceptors (Lipinski definition) is 6. The Morgan fingerprint density at radius 3 is 3.13 bits per heavy atom. The molecule has 23 heavy (non-hydrogen) atoms. The standard InChI is InChI=1S/C16H16N2O4S/c19-16(20)12-2-1-5-18(12)7-11-8-23-15(17-11)10-3-4-13-14(6-10)22-9-21-13/h3-4,6,8,12H,1-2,5,7,9H2,(H,19,20)/t12-/m1/s1. The predicted molar refractivity (Wildman–Crippen MR) is 84.7 cm³/mol. The van der Waals surface area contributed by atoms with Gasteiger partial charge in [-0.1, -0.05) is 0 Å². The van der Waals surface area contributed by atoms with Crippen molar-refractivity contribution >= 4 is 17.3 Å². The van der Waals surface area contributed by atoms with E-state index in [0.29, 0.717) is 13.0 Å². The van der Waals surface area contributed by atoms with Crippen LogP contribution in [0.1, 0.15) is 18.5 Å². The van der Waals surface area contributed by atoms with Crippen molar-refractivity contribution in [1.29, 1.82) is 0 Å². The van der Waals surface area contributed by atoms with Gasteiger partial charge in [-0.3, -0.25) is 9.69 Å². The summed E-state index contributed by atoms with van der Waals surface area (Å²) in [6, 6.07) is 5.40. The lowest BCUT2D eigenvalue weighted by Gasteiger charge is -2.19. The molecule has 0 unspecified atom stereocenters. The first-order valence-corrected chi connectivity index (χ1v) is 8.40. The Balaban J connectivity index is 1.52. The van der Waals surface area contributed by atoms with Crippen LogP contribution < -0.4 is 9.47 Å². The number of fused-ring (bicyclic) bond motifs is 1. The first kappa shape index (κ1) is 14.5. The zero-order valence-corrected chi connectivity index (χ0v) is 13.2. The van der Waals surface area contributed by atoms with Gasteiger partial charge >= 0.3 is 5.97 Å². The van der Waals surface area contributed by atoms with E-state index in [2.05, 4.69) is 4.98 Å². The minimum Gasteiger partial charge on any atom is -0.480 e. The van der Waals surface area contributed by atoms with Crippen LogP contribution in [0, 0.1) is 0 Å². The Hall–Kier alpha value is -2.12. The van der Waals surface area contributed by atoms with Gasteiger partial charge in [-0.25, -0.2) is 4.98 Å². The summed E-state index contributed by atoms with van der Waals surface area (Å²) >= 11 is 1.56. The van der Waals surface area contributed by atoms with Gasteiger partial charge in [0, 0.05) is 17.5 Å². The van der Waals surface area contributed by atoms with E-state index in [4.69, 9.17) is 9.47 Å². The smallest absolute Gasteiger partial charge is 0.320 e. The molecule has 0 spiro atoms. The summed E-state index contributed by atoms with van der Waals surface area (Å²) in [5.74, 6) is 0.755. The third-order valence-electron chi connectivity index (χ3n) is 4.19. The number of carbonyl (C=O) groups is 1. The van der Waals surface area contributed by atoms with Crippen molar-refractivity contribution in [2.24, 2.45) is 0 Å². The van der Waals surface area contributed by atoms with E-state index in [0.717, 1.165) is 40.7 Å². The van der Waals surface area contributed by atoms with E-state index in [-0.39, 0.29) is 12.8 Å². The molecular weight excluding hydrogens is 316 g/mol. The molecule has 120 valence electrons. The lowest BCUT2D eigenvalue weighted by atomic mass is 10.2. The molecule has 1 atom stereocenters. The lowest BCUT2D eigenvalue weighted by Crippen LogP contribution is -2.35. The lowest BCUT2D eigenvalue weighted by molar-refractivity contribution is -0.142. The van der Waals surface area contributed by atoms with Crippen LogP contribution in [0.2, 0.25) is 0 Å². The highest BCUT2D eigenvalue weighted by Gasteiger charge is 2.30. The Kier molecular flexibility index (Phi) is 3.66. The van der Waals surface area contributed by atoms with E-state index >= 15 is 0 Å². The molecule has 1 saturated heterocycles. The fourth-order valence-electron chi connectivity index (χ4n) is 3.04. The molecule has 7 heteroatoms. The third-order valence-corrected chi connectivity index (χ3v) is 5.13. The van der Waals surface area contributed by atoms with E-state index in [1.807, 2.05) is 28.5 Å². The van der Waals surface area contributed by atoms with Crippen molar-refractivity contribution in [2.45, 2.75) is 25.4 Å². The largest absolute Gasteiger partial charge is 0.480 e. The second kappa shape index (κ2) is 5.82. The molecule has 2 aromatic rings. The van der Waals surface area contributed by atoms with Crippen LogP contribution in [-0.4, -0.2) is 40.3 Å². The minimum absolute atomic E-state index is 0.257. The van der Waals surface area contributed by atoms with Crippen LogP contribution in [0.3, 0.4) is 0 Å². The van der Waals surface area contributed by atoms with Gasteiger partial charge in [0.15, 0.2) is 11.5 Å². The number of ether oxygens (including phenoxy) is 2. The summed E-state index contributed by atoms with van der Waals surface area (Å²) in [5, 5.41) is 12.2. The molecule has 1 N–H and O–H groups in total. The van der Waals surface area contributed by atoms with E-state index in [9.17, 15) is 9.90 Å². The predicted octanol–water partition coefficient (Wildman–Crippen LogP) is 2.59. The fourth-order valence-corrected chi connectivity index (χ4v) is 3.85. The highest BCUT2D eigenvalue weighted by Crippen LogP contribution is 2.36. The maximum Gasteiger partial charge on any atom is 0.320 e. The van der Waals surface area contributed by atoms with E-state index < -0.39 is 5.97 Å². The van der Waals surface area contributed by atoms with Crippen LogP contribution in [0.25, 0.3) is 10.6 Å². The molecule has 2 aliphatic heterocycles. The van der Waals surface area contributed by atoms with Crippen LogP contribution >= 0.6 is 11.3 Å². The number of carboxylic acids is 1.